The Morgan fingerprint density at radius 1 is 1.28 bits per heavy atom. The van der Waals surface area contributed by atoms with Crippen LogP contribution in [0, 0.1) is 6.92 Å². The van der Waals surface area contributed by atoms with Crippen LogP contribution in [-0.2, 0) is 0 Å². The zero-order valence-electron chi connectivity index (χ0n) is 12.1. The molecule has 3 heteroatoms. The molecule has 0 saturated carbocycles. The molecule has 0 saturated heterocycles. The first kappa shape index (κ1) is 14.6. The molecule has 0 heterocycles. The Hall–Kier alpha value is -1.51. The normalized spacial score (nSPS) is 11.2. The van der Waals surface area contributed by atoms with Crippen molar-refractivity contribution in [2.75, 3.05) is 12.4 Å². The van der Waals surface area contributed by atoms with Gasteiger partial charge in [-0.05, 0) is 44.4 Å². The quantitative estimate of drug-likeness (QED) is 0.839. The minimum atomic E-state index is -0.132. The van der Waals surface area contributed by atoms with Crippen LogP contribution in [0.25, 0.3) is 0 Å². The Balaban J connectivity index is 2.97. The number of rotatable bonds is 5. The first-order valence-corrected chi connectivity index (χ1v) is 6.56. The van der Waals surface area contributed by atoms with Crippen molar-refractivity contribution < 1.29 is 4.79 Å². The van der Waals surface area contributed by atoms with Crippen LogP contribution >= 0.6 is 0 Å². The van der Waals surface area contributed by atoms with E-state index in [-0.39, 0.29) is 11.4 Å². The van der Waals surface area contributed by atoms with Crippen molar-refractivity contribution in [3.63, 3.8) is 0 Å². The molecule has 0 fully saturated rings. The molecule has 0 aliphatic carbocycles. The van der Waals surface area contributed by atoms with E-state index in [1.54, 1.807) is 0 Å². The molecule has 1 aromatic carbocycles. The smallest absolute Gasteiger partial charge is 0.253 e. The van der Waals surface area contributed by atoms with Crippen LogP contribution in [0.5, 0.6) is 0 Å². The van der Waals surface area contributed by atoms with Gasteiger partial charge in [0.15, 0.2) is 0 Å². The summed E-state index contributed by atoms with van der Waals surface area (Å²) in [6.07, 6.45) is 1.85. The minimum Gasteiger partial charge on any atom is -0.387 e. The van der Waals surface area contributed by atoms with Crippen molar-refractivity contribution >= 4 is 11.6 Å². The lowest BCUT2D eigenvalue weighted by Gasteiger charge is -2.28. The number of hydrogen-bond acceptors (Lipinski definition) is 2. The fourth-order valence-electron chi connectivity index (χ4n) is 1.83. The van der Waals surface area contributed by atoms with Gasteiger partial charge in [-0.25, -0.2) is 0 Å². The van der Waals surface area contributed by atoms with E-state index >= 15 is 0 Å². The first-order chi connectivity index (χ1) is 8.45. The largest absolute Gasteiger partial charge is 0.387 e. The first-order valence-electron chi connectivity index (χ1n) is 6.56. The van der Waals surface area contributed by atoms with Gasteiger partial charge in [0.2, 0.25) is 0 Å². The molecule has 100 valence electrons. The zero-order valence-corrected chi connectivity index (χ0v) is 12.1. The maximum Gasteiger partial charge on any atom is 0.253 e. The van der Waals surface area contributed by atoms with Gasteiger partial charge in [0.1, 0.15) is 0 Å². The summed E-state index contributed by atoms with van der Waals surface area (Å²) in [5, 5.41) is 6.20. The van der Waals surface area contributed by atoms with Crippen LogP contribution in [0.4, 0.5) is 5.69 Å². The number of nitrogens with one attached hydrogen (secondary N) is 2. The molecule has 3 nitrogen and oxygen atoms in total. The molecule has 0 aliphatic heterocycles. The molecule has 0 aliphatic rings. The van der Waals surface area contributed by atoms with Crippen LogP contribution in [-0.4, -0.2) is 18.5 Å². The molecule has 0 atom stereocenters. The molecular formula is C15H24N2O. The highest BCUT2D eigenvalue weighted by Gasteiger charge is 2.23. The summed E-state index contributed by atoms with van der Waals surface area (Å²) in [5.74, 6) is -0.00875. The Morgan fingerprint density at radius 2 is 1.89 bits per heavy atom. The second-order valence-corrected chi connectivity index (χ2v) is 5.02. The summed E-state index contributed by atoms with van der Waals surface area (Å²) in [7, 11) is 1.84. The van der Waals surface area contributed by atoms with Gasteiger partial charge in [-0.3, -0.25) is 4.79 Å². The van der Waals surface area contributed by atoms with E-state index in [2.05, 4.69) is 31.4 Å². The molecule has 0 spiro atoms. The Bertz CT molecular complexity index is 423. The summed E-state index contributed by atoms with van der Waals surface area (Å²) in [5.41, 5.74) is 2.59. The highest BCUT2D eigenvalue weighted by molar-refractivity contribution is 6.00. The number of anilines is 1. The van der Waals surface area contributed by atoms with Gasteiger partial charge in [0.25, 0.3) is 5.91 Å². The van der Waals surface area contributed by atoms with Crippen LogP contribution in [0.1, 0.15) is 49.5 Å². The van der Waals surface area contributed by atoms with Crippen LogP contribution in [0.3, 0.4) is 0 Å². The van der Waals surface area contributed by atoms with Crippen molar-refractivity contribution in [1.29, 1.82) is 0 Å². The topological polar surface area (TPSA) is 41.1 Å². The predicted molar refractivity (Wildman–Crippen MR) is 77.2 cm³/mol. The molecule has 0 aromatic heterocycles. The summed E-state index contributed by atoms with van der Waals surface area (Å²) in [6, 6.07) is 5.83. The molecule has 0 unspecified atom stereocenters. The molecule has 0 radical (unpaired) electrons. The molecular weight excluding hydrogens is 224 g/mol. The van der Waals surface area contributed by atoms with Crippen molar-refractivity contribution in [1.82, 2.24) is 5.32 Å². The number of benzene rings is 1. The fraction of sp³-hybridized carbons (Fsp3) is 0.533. The van der Waals surface area contributed by atoms with Gasteiger partial charge >= 0.3 is 0 Å². The maximum absolute atomic E-state index is 12.3. The lowest BCUT2D eigenvalue weighted by atomic mass is 9.95. The van der Waals surface area contributed by atoms with Crippen LogP contribution in [0.2, 0.25) is 0 Å². The van der Waals surface area contributed by atoms with Crippen molar-refractivity contribution in [3.05, 3.63) is 29.3 Å². The van der Waals surface area contributed by atoms with E-state index in [4.69, 9.17) is 0 Å². The second kappa shape index (κ2) is 5.89. The second-order valence-electron chi connectivity index (χ2n) is 5.02. The molecule has 1 amide bonds. The molecule has 1 aromatic rings. The number of amides is 1. The zero-order chi connectivity index (χ0) is 13.8. The van der Waals surface area contributed by atoms with E-state index in [9.17, 15) is 4.79 Å². The van der Waals surface area contributed by atoms with Crippen molar-refractivity contribution in [3.8, 4) is 0 Å². The third-order valence-corrected chi connectivity index (χ3v) is 3.67. The van der Waals surface area contributed by atoms with Crippen LogP contribution in [0.15, 0.2) is 18.2 Å². The van der Waals surface area contributed by atoms with Gasteiger partial charge < -0.3 is 10.6 Å². The fourth-order valence-corrected chi connectivity index (χ4v) is 1.83. The SMILES string of the molecule is CCC(C)(CC)NC(=O)c1ccc(C)cc1NC. The molecule has 0 bridgehead atoms. The van der Waals surface area contributed by atoms with Gasteiger partial charge in [-0.15, -0.1) is 0 Å². The Morgan fingerprint density at radius 3 is 2.39 bits per heavy atom. The summed E-state index contributed by atoms with van der Waals surface area (Å²) in [4.78, 5) is 12.3. The monoisotopic (exact) mass is 248 g/mol. The van der Waals surface area contributed by atoms with E-state index in [0.717, 1.165) is 24.1 Å². The summed E-state index contributed by atoms with van der Waals surface area (Å²) in [6.45, 7) is 8.29. The average molecular weight is 248 g/mol. The van der Waals surface area contributed by atoms with Crippen LogP contribution < -0.4 is 10.6 Å². The molecule has 1 rings (SSSR count). The number of carbonyl (C=O) groups is 1. The Kier molecular flexibility index (Phi) is 4.76. The lowest BCUT2D eigenvalue weighted by molar-refractivity contribution is 0.0902. The highest BCUT2D eigenvalue weighted by Crippen LogP contribution is 2.20. The molecule has 18 heavy (non-hydrogen) atoms. The number of hydrogen-bond donors (Lipinski definition) is 2. The van der Waals surface area contributed by atoms with Crippen molar-refractivity contribution in [2.24, 2.45) is 0 Å². The highest BCUT2D eigenvalue weighted by atomic mass is 16.1. The van der Waals surface area contributed by atoms with E-state index in [0.29, 0.717) is 5.56 Å². The third kappa shape index (κ3) is 3.25. The van der Waals surface area contributed by atoms with E-state index < -0.39 is 0 Å². The third-order valence-electron chi connectivity index (χ3n) is 3.67. The molecule has 2 N–H and O–H groups in total. The maximum atomic E-state index is 12.3. The van der Waals surface area contributed by atoms with Crippen molar-refractivity contribution in [2.45, 2.75) is 46.1 Å². The van der Waals surface area contributed by atoms with Gasteiger partial charge in [0.05, 0.1) is 5.56 Å². The summed E-state index contributed by atoms with van der Waals surface area (Å²) < 4.78 is 0. The standard InChI is InChI=1S/C15H24N2O/c1-6-15(4,7-2)17-14(18)12-9-8-11(3)10-13(12)16-5/h8-10,16H,6-7H2,1-5H3,(H,17,18). The van der Waals surface area contributed by atoms with Gasteiger partial charge in [0, 0.05) is 18.3 Å². The predicted octanol–water partition coefficient (Wildman–Crippen LogP) is 3.35. The average Bonchev–Trinajstić information content (AvgIpc) is 2.38. The lowest BCUT2D eigenvalue weighted by Crippen LogP contribution is -2.45. The summed E-state index contributed by atoms with van der Waals surface area (Å²) >= 11 is 0. The number of aryl methyl sites for hydroxylation is 1. The van der Waals surface area contributed by atoms with Gasteiger partial charge in [-0.1, -0.05) is 19.9 Å². The Labute approximate surface area is 110 Å². The minimum absolute atomic E-state index is 0.00875. The number of carbonyl (C=O) groups excluding carboxylic acids is 1. The van der Waals surface area contributed by atoms with E-state index in [1.165, 1.54) is 0 Å². The van der Waals surface area contributed by atoms with Gasteiger partial charge in [-0.2, -0.15) is 0 Å². The van der Waals surface area contributed by atoms with E-state index in [1.807, 2.05) is 32.2 Å².